The Balaban J connectivity index is 2.79. The molecule has 4 nitrogen and oxygen atoms in total. The van der Waals surface area contributed by atoms with Gasteiger partial charge in [0.25, 0.3) is 0 Å². The lowest BCUT2D eigenvalue weighted by Crippen LogP contribution is -2.50. The maximum absolute atomic E-state index is 11.6. The number of sulfonamides is 1. The highest BCUT2D eigenvalue weighted by molar-refractivity contribution is 7.89. The second-order valence-corrected chi connectivity index (χ2v) is 6.78. The van der Waals surface area contributed by atoms with Gasteiger partial charge in [-0.2, -0.15) is 0 Å². The van der Waals surface area contributed by atoms with Crippen LogP contribution in [0.4, 0.5) is 0 Å². The molecule has 1 fully saturated rings. The Bertz CT molecular complexity index is 297. The molecule has 1 N–H and O–H groups in total. The predicted molar refractivity (Wildman–Crippen MR) is 55.4 cm³/mol. The summed E-state index contributed by atoms with van der Waals surface area (Å²) >= 11 is 0. The van der Waals surface area contributed by atoms with E-state index in [1.165, 1.54) is 4.31 Å². The maximum Gasteiger partial charge on any atom is 0.213 e. The summed E-state index contributed by atoms with van der Waals surface area (Å²) in [7, 11) is -3.09. The summed E-state index contributed by atoms with van der Waals surface area (Å²) in [6, 6.07) is 0. The minimum absolute atomic E-state index is 0.138. The molecule has 0 aliphatic carbocycles. The van der Waals surface area contributed by atoms with Crippen LogP contribution in [0.25, 0.3) is 0 Å². The summed E-state index contributed by atoms with van der Waals surface area (Å²) in [5.74, 6) is 0.138. The molecule has 84 valence electrons. The maximum atomic E-state index is 11.6. The van der Waals surface area contributed by atoms with E-state index in [2.05, 4.69) is 0 Å². The molecule has 0 saturated carbocycles. The number of piperidine rings is 1. The molecule has 5 heteroatoms. The van der Waals surface area contributed by atoms with Crippen molar-refractivity contribution in [3.8, 4) is 0 Å². The first-order chi connectivity index (χ1) is 6.29. The molecule has 1 aliphatic heterocycles. The van der Waals surface area contributed by atoms with Gasteiger partial charge in [0.05, 0.1) is 11.9 Å². The number of aliphatic hydroxyl groups excluding tert-OH is 1. The lowest BCUT2D eigenvalue weighted by Gasteiger charge is -2.40. The van der Waals surface area contributed by atoms with Crippen molar-refractivity contribution < 1.29 is 13.5 Å². The monoisotopic (exact) mass is 221 g/mol. The Morgan fingerprint density at radius 3 is 2.50 bits per heavy atom. The van der Waals surface area contributed by atoms with Gasteiger partial charge in [-0.15, -0.1) is 0 Å². The van der Waals surface area contributed by atoms with Crippen LogP contribution in [0.1, 0.15) is 27.2 Å². The van der Waals surface area contributed by atoms with Crippen LogP contribution in [0.15, 0.2) is 0 Å². The van der Waals surface area contributed by atoms with E-state index < -0.39 is 16.1 Å². The van der Waals surface area contributed by atoms with Crippen LogP contribution < -0.4 is 0 Å². The first kappa shape index (κ1) is 11.9. The van der Waals surface area contributed by atoms with E-state index in [1.54, 1.807) is 6.92 Å². The standard InChI is InChI=1S/C9H19NO3S/c1-4-14(12,13)10-6-5-8(11)9(2,3)7-10/h8,11H,4-7H2,1-3H3. The van der Waals surface area contributed by atoms with Gasteiger partial charge in [-0.05, 0) is 13.3 Å². The zero-order chi connectivity index (χ0) is 11.0. The van der Waals surface area contributed by atoms with Crippen LogP contribution in [0.5, 0.6) is 0 Å². The summed E-state index contributed by atoms with van der Waals surface area (Å²) in [6.07, 6.45) is 0.137. The Morgan fingerprint density at radius 1 is 1.50 bits per heavy atom. The van der Waals surface area contributed by atoms with Gasteiger partial charge < -0.3 is 5.11 Å². The Hall–Kier alpha value is -0.130. The largest absolute Gasteiger partial charge is 0.392 e. The third-order valence-corrected chi connectivity index (χ3v) is 4.72. The molecular weight excluding hydrogens is 202 g/mol. The molecule has 1 rings (SSSR count). The van der Waals surface area contributed by atoms with E-state index in [0.717, 1.165) is 0 Å². The summed E-state index contributed by atoms with van der Waals surface area (Å²) in [5.41, 5.74) is -0.333. The second-order valence-electron chi connectivity index (χ2n) is 4.53. The molecule has 0 aromatic heterocycles. The highest BCUT2D eigenvalue weighted by Gasteiger charge is 2.38. The zero-order valence-electron chi connectivity index (χ0n) is 9.02. The fourth-order valence-corrected chi connectivity index (χ4v) is 2.99. The molecule has 0 spiro atoms. The van der Waals surface area contributed by atoms with Crippen LogP contribution in [0.3, 0.4) is 0 Å². The van der Waals surface area contributed by atoms with Crippen LogP contribution >= 0.6 is 0 Å². The fraction of sp³-hybridized carbons (Fsp3) is 1.00. The SMILES string of the molecule is CCS(=O)(=O)N1CCC(O)C(C)(C)C1. The van der Waals surface area contributed by atoms with E-state index in [9.17, 15) is 13.5 Å². The molecule has 0 amide bonds. The fourth-order valence-electron chi connectivity index (χ4n) is 1.72. The molecular formula is C9H19NO3S. The lowest BCUT2D eigenvalue weighted by atomic mass is 9.82. The summed E-state index contributed by atoms with van der Waals surface area (Å²) in [4.78, 5) is 0. The van der Waals surface area contributed by atoms with Gasteiger partial charge in [-0.3, -0.25) is 0 Å². The van der Waals surface area contributed by atoms with E-state index in [0.29, 0.717) is 19.5 Å². The van der Waals surface area contributed by atoms with E-state index >= 15 is 0 Å². The van der Waals surface area contributed by atoms with Crippen molar-refractivity contribution in [3.63, 3.8) is 0 Å². The van der Waals surface area contributed by atoms with Gasteiger partial charge >= 0.3 is 0 Å². The zero-order valence-corrected chi connectivity index (χ0v) is 9.84. The Morgan fingerprint density at radius 2 is 2.07 bits per heavy atom. The molecule has 0 aromatic carbocycles. The molecule has 1 heterocycles. The van der Waals surface area contributed by atoms with Crippen molar-refractivity contribution in [1.82, 2.24) is 4.31 Å². The first-order valence-corrected chi connectivity index (χ1v) is 6.56. The van der Waals surface area contributed by atoms with E-state index in [-0.39, 0.29) is 11.2 Å². The van der Waals surface area contributed by atoms with Gasteiger partial charge in [0.1, 0.15) is 0 Å². The average molecular weight is 221 g/mol. The van der Waals surface area contributed by atoms with Gasteiger partial charge in [0.2, 0.25) is 10.0 Å². The summed E-state index contributed by atoms with van der Waals surface area (Å²) in [6.45, 7) is 6.31. The van der Waals surface area contributed by atoms with Crippen molar-refractivity contribution >= 4 is 10.0 Å². The summed E-state index contributed by atoms with van der Waals surface area (Å²) in [5, 5.41) is 9.67. The van der Waals surface area contributed by atoms with Gasteiger partial charge in [0.15, 0.2) is 0 Å². The number of hydrogen-bond acceptors (Lipinski definition) is 3. The molecule has 1 aliphatic rings. The molecule has 14 heavy (non-hydrogen) atoms. The number of rotatable bonds is 2. The molecule has 0 aromatic rings. The second kappa shape index (κ2) is 3.79. The minimum atomic E-state index is -3.09. The quantitative estimate of drug-likeness (QED) is 0.735. The number of aliphatic hydroxyl groups is 1. The van der Waals surface area contributed by atoms with Crippen LogP contribution in [0.2, 0.25) is 0 Å². The van der Waals surface area contributed by atoms with Crippen LogP contribution in [-0.2, 0) is 10.0 Å². The molecule has 1 saturated heterocycles. The first-order valence-electron chi connectivity index (χ1n) is 4.95. The van der Waals surface area contributed by atoms with Gasteiger partial charge in [-0.25, -0.2) is 12.7 Å². The van der Waals surface area contributed by atoms with E-state index in [1.807, 2.05) is 13.8 Å². The normalized spacial score (nSPS) is 29.0. The number of nitrogens with zero attached hydrogens (tertiary/aromatic N) is 1. The molecule has 1 atom stereocenters. The molecule has 0 radical (unpaired) electrons. The van der Waals surface area contributed by atoms with Gasteiger partial charge in [0, 0.05) is 18.5 Å². The topological polar surface area (TPSA) is 57.6 Å². The van der Waals surface area contributed by atoms with Crippen LogP contribution in [0, 0.1) is 5.41 Å². The van der Waals surface area contributed by atoms with Crippen molar-refractivity contribution in [2.75, 3.05) is 18.8 Å². The van der Waals surface area contributed by atoms with Crippen molar-refractivity contribution in [1.29, 1.82) is 0 Å². The molecule has 1 unspecified atom stereocenters. The van der Waals surface area contributed by atoms with Crippen molar-refractivity contribution in [3.05, 3.63) is 0 Å². The Kier molecular flexibility index (Phi) is 3.23. The Labute approximate surface area is 86.0 Å². The summed E-state index contributed by atoms with van der Waals surface area (Å²) < 4.78 is 24.7. The third-order valence-electron chi connectivity index (χ3n) is 2.90. The highest BCUT2D eigenvalue weighted by atomic mass is 32.2. The minimum Gasteiger partial charge on any atom is -0.392 e. The van der Waals surface area contributed by atoms with E-state index in [4.69, 9.17) is 0 Å². The number of hydrogen-bond donors (Lipinski definition) is 1. The van der Waals surface area contributed by atoms with Crippen molar-refractivity contribution in [2.24, 2.45) is 5.41 Å². The van der Waals surface area contributed by atoms with Crippen molar-refractivity contribution in [2.45, 2.75) is 33.3 Å². The lowest BCUT2D eigenvalue weighted by molar-refractivity contribution is -0.000268. The smallest absolute Gasteiger partial charge is 0.213 e. The van der Waals surface area contributed by atoms with Gasteiger partial charge in [-0.1, -0.05) is 13.8 Å². The predicted octanol–water partition coefficient (Wildman–Crippen LogP) is 0.429. The third kappa shape index (κ3) is 2.27. The average Bonchev–Trinajstić information content (AvgIpc) is 2.09. The van der Waals surface area contributed by atoms with Crippen LogP contribution in [-0.4, -0.2) is 42.8 Å². The molecule has 0 bridgehead atoms. The highest BCUT2D eigenvalue weighted by Crippen LogP contribution is 2.30.